The molecule has 5 nitrogen and oxygen atoms in total. The smallest absolute Gasteiger partial charge is 0.319 e. The molecular formula is C14H22N2O3S. The molecule has 6 heteroatoms. The molecular weight excluding hydrogens is 276 g/mol. The van der Waals surface area contributed by atoms with Gasteiger partial charge >= 0.3 is 12.0 Å². The van der Waals surface area contributed by atoms with E-state index in [4.69, 9.17) is 5.11 Å². The first-order chi connectivity index (χ1) is 9.41. The molecule has 1 aromatic heterocycles. The highest BCUT2D eigenvalue weighted by Crippen LogP contribution is 2.11. The van der Waals surface area contributed by atoms with E-state index in [1.165, 1.54) is 4.88 Å². The lowest BCUT2D eigenvalue weighted by Gasteiger charge is -2.31. The van der Waals surface area contributed by atoms with Crippen molar-refractivity contribution in [1.29, 1.82) is 0 Å². The molecule has 1 aromatic rings. The zero-order valence-electron chi connectivity index (χ0n) is 12.2. The molecule has 0 aliphatic heterocycles. The number of rotatable bonds is 7. The Morgan fingerprint density at radius 1 is 1.35 bits per heavy atom. The predicted octanol–water partition coefficient (Wildman–Crippen LogP) is 2.53. The van der Waals surface area contributed by atoms with Gasteiger partial charge in [0.15, 0.2) is 0 Å². The monoisotopic (exact) mass is 298 g/mol. The van der Waals surface area contributed by atoms with Crippen LogP contribution in [-0.2, 0) is 11.2 Å². The zero-order chi connectivity index (χ0) is 15.1. The fraction of sp³-hybridized carbons (Fsp3) is 0.571. The Balaban J connectivity index is 2.52. The fourth-order valence-electron chi connectivity index (χ4n) is 1.84. The van der Waals surface area contributed by atoms with Crippen molar-refractivity contribution in [2.45, 2.75) is 32.7 Å². The number of likely N-dealkylation sites (N-methyl/N-ethyl adjacent to an activating group) is 1. The van der Waals surface area contributed by atoms with Crippen LogP contribution in [0.25, 0.3) is 0 Å². The third-order valence-electron chi connectivity index (χ3n) is 3.04. The van der Waals surface area contributed by atoms with E-state index in [9.17, 15) is 9.59 Å². The van der Waals surface area contributed by atoms with E-state index in [-0.39, 0.29) is 25.0 Å². The summed E-state index contributed by atoms with van der Waals surface area (Å²) in [7, 11) is 1.76. The number of carbonyl (C=O) groups is 2. The average molecular weight is 298 g/mol. The Kier molecular flexibility index (Phi) is 6.51. The molecule has 1 rings (SSSR count). The number of amides is 2. The normalized spacial score (nSPS) is 10.6. The molecule has 0 fully saturated rings. The van der Waals surface area contributed by atoms with Crippen molar-refractivity contribution in [2.75, 3.05) is 20.1 Å². The Bertz CT molecular complexity index is 432. The first kappa shape index (κ1) is 16.5. The molecule has 0 unspecified atom stereocenters. The van der Waals surface area contributed by atoms with Crippen LogP contribution in [-0.4, -0.2) is 53.1 Å². The van der Waals surface area contributed by atoms with Crippen molar-refractivity contribution in [3.8, 4) is 0 Å². The van der Waals surface area contributed by atoms with Gasteiger partial charge in [-0.2, -0.15) is 0 Å². The highest BCUT2D eigenvalue weighted by molar-refractivity contribution is 7.09. The fourth-order valence-corrected chi connectivity index (χ4v) is 2.54. The van der Waals surface area contributed by atoms with Crippen LogP contribution in [0.1, 0.15) is 25.1 Å². The van der Waals surface area contributed by atoms with Gasteiger partial charge in [-0.25, -0.2) is 4.79 Å². The first-order valence-electron chi connectivity index (χ1n) is 6.67. The van der Waals surface area contributed by atoms with Gasteiger partial charge in [-0.1, -0.05) is 6.07 Å². The molecule has 0 aromatic carbocycles. The van der Waals surface area contributed by atoms with Crippen molar-refractivity contribution in [3.05, 3.63) is 22.4 Å². The predicted molar refractivity (Wildman–Crippen MR) is 80.1 cm³/mol. The van der Waals surface area contributed by atoms with Gasteiger partial charge in [0.05, 0.1) is 6.42 Å². The van der Waals surface area contributed by atoms with Gasteiger partial charge in [0.2, 0.25) is 0 Å². The van der Waals surface area contributed by atoms with Crippen molar-refractivity contribution in [3.63, 3.8) is 0 Å². The number of hydrogen-bond donors (Lipinski definition) is 1. The second kappa shape index (κ2) is 7.89. The lowest BCUT2D eigenvalue weighted by molar-refractivity contribution is -0.137. The molecule has 0 spiro atoms. The van der Waals surface area contributed by atoms with Gasteiger partial charge in [0.25, 0.3) is 0 Å². The van der Waals surface area contributed by atoms with Crippen molar-refractivity contribution >= 4 is 23.3 Å². The van der Waals surface area contributed by atoms with Gasteiger partial charge in [-0.05, 0) is 31.7 Å². The van der Waals surface area contributed by atoms with Crippen LogP contribution < -0.4 is 0 Å². The Morgan fingerprint density at radius 3 is 2.55 bits per heavy atom. The maximum absolute atomic E-state index is 12.3. The minimum absolute atomic E-state index is 0.00830. The van der Waals surface area contributed by atoms with E-state index < -0.39 is 5.97 Å². The number of carboxylic acids is 1. The summed E-state index contributed by atoms with van der Waals surface area (Å²) in [6.45, 7) is 4.67. The van der Waals surface area contributed by atoms with Crippen molar-refractivity contribution in [2.24, 2.45) is 0 Å². The highest BCUT2D eigenvalue weighted by atomic mass is 32.1. The van der Waals surface area contributed by atoms with Crippen LogP contribution in [0.15, 0.2) is 17.5 Å². The van der Waals surface area contributed by atoms with Crippen molar-refractivity contribution < 1.29 is 14.7 Å². The molecule has 0 aliphatic rings. The van der Waals surface area contributed by atoms with Crippen LogP contribution in [0.3, 0.4) is 0 Å². The number of carboxylic acid groups (broad SMARTS) is 1. The summed E-state index contributed by atoms with van der Waals surface area (Å²) in [6, 6.07) is 3.92. The second-order valence-corrected chi connectivity index (χ2v) is 6.00. The molecule has 0 radical (unpaired) electrons. The van der Waals surface area contributed by atoms with Crippen LogP contribution in [0, 0.1) is 0 Å². The quantitative estimate of drug-likeness (QED) is 0.841. The number of nitrogens with zero attached hydrogens (tertiary/aromatic N) is 2. The number of aliphatic carboxylic acids is 1. The zero-order valence-corrected chi connectivity index (χ0v) is 13.0. The average Bonchev–Trinajstić information content (AvgIpc) is 2.88. The lowest BCUT2D eigenvalue weighted by atomic mass is 10.3. The van der Waals surface area contributed by atoms with E-state index in [0.29, 0.717) is 6.54 Å². The molecule has 112 valence electrons. The number of hydrogen-bond acceptors (Lipinski definition) is 3. The lowest BCUT2D eigenvalue weighted by Crippen LogP contribution is -2.46. The maximum Gasteiger partial charge on any atom is 0.319 e. The summed E-state index contributed by atoms with van der Waals surface area (Å²) in [5.41, 5.74) is 0. The summed E-state index contributed by atoms with van der Waals surface area (Å²) in [6.07, 6.45) is 0.799. The molecule has 0 atom stereocenters. The second-order valence-electron chi connectivity index (χ2n) is 4.96. The van der Waals surface area contributed by atoms with Gasteiger partial charge in [-0.3, -0.25) is 4.79 Å². The van der Waals surface area contributed by atoms with E-state index in [2.05, 4.69) is 0 Å². The Hall–Kier alpha value is -1.56. The van der Waals surface area contributed by atoms with E-state index in [1.54, 1.807) is 28.2 Å². The third kappa shape index (κ3) is 5.21. The molecule has 1 heterocycles. The largest absolute Gasteiger partial charge is 0.481 e. The standard InChI is InChI=1S/C14H22N2O3S/c1-11(2)16(9-7-13(17)18)14(19)15(3)8-6-12-5-4-10-20-12/h4-5,10-11H,6-9H2,1-3H3,(H,17,18). The van der Waals surface area contributed by atoms with Gasteiger partial charge in [-0.15, -0.1) is 11.3 Å². The minimum atomic E-state index is -0.885. The maximum atomic E-state index is 12.3. The van der Waals surface area contributed by atoms with Crippen LogP contribution in [0.4, 0.5) is 4.79 Å². The van der Waals surface area contributed by atoms with E-state index >= 15 is 0 Å². The Labute approximate surface area is 123 Å². The molecule has 20 heavy (non-hydrogen) atoms. The molecule has 0 saturated heterocycles. The number of thiophene rings is 1. The third-order valence-corrected chi connectivity index (χ3v) is 3.97. The minimum Gasteiger partial charge on any atom is -0.481 e. The molecule has 2 amide bonds. The van der Waals surface area contributed by atoms with Crippen LogP contribution in [0.2, 0.25) is 0 Å². The van der Waals surface area contributed by atoms with E-state index in [1.807, 2.05) is 31.4 Å². The Morgan fingerprint density at radius 2 is 2.05 bits per heavy atom. The van der Waals surface area contributed by atoms with Gasteiger partial charge in [0.1, 0.15) is 0 Å². The van der Waals surface area contributed by atoms with Crippen LogP contribution in [0.5, 0.6) is 0 Å². The van der Waals surface area contributed by atoms with Crippen LogP contribution >= 0.6 is 11.3 Å². The number of carbonyl (C=O) groups excluding carboxylic acids is 1. The number of urea groups is 1. The first-order valence-corrected chi connectivity index (χ1v) is 7.55. The summed E-state index contributed by atoms with van der Waals surface area (Å²) in [4.78, 5) is 27.5. The van der Waals surface area contributed by atoms with Gasteiger partial charge < -0.3 is 14.9 Å². The molecule has 1 N–H and O–H groups in total. The summed E-state index contributed by atoms with van der Waals surface area (Å²) >= 11 is 1.68. The molecule has 0 bridgehead atoms. The van der Waals surface area contributed by atoms with Gasteiger partial charge in [0, 0.05) is 31.1 Å². The van der Waals surface area contributed by atoms with E-state index in [0.717, 1.165) is 6.42 Å². The molecule has 0 saturated carbocycles. The molecule has 0 aliphatic carbocycles. The van der Waals surface area contributed by atoms with Crippen molar-refractivity contribution in [1.82, 2.24) is 9.80 Å². The summed E-state index contributed by atoms with van der Waals surface area (Å²) < 4.78 is 0. The summed E-state index contributed by atoms with van der Waals surface area (Å²) in [5, 5.41) is 10.8. The SMILES string of the molecule is CC(C)N(CCC(=O)O)C(=O)N(C)CCc1cccs1. The summed E-state index contributed by atoms with van der Waals surface area (Å²) in [5.74, 6) is -0.885. The topological polar surface area (TPSA) is 60.9 Å². The highest BCUT2D eigenvalue weighted by Gasteiger charge is 2.21.